The van der Waals surface area contributed by atoms with Crippen molar-refractivity contribution in [2.45, 2.75) is 39.7 Å². The predicted molar refractivity (Wildman–Crippen MR) is 153 cm³/mol. The number of benzene rings is 3. The molecule has 5 nitrogen and oxygen atoms in total. The first-order chi connectivity index (χ1) is 16.8. The molecule has 4 aromatic rings. The smallest absolute Gasteiger partial charge is 0.282 e. The van der Waals surface area contributed by atoms with E-state index in [4.69, 9.17) is 9.72 Å². The zero-order valence-corrected chi connectivity index (χ0v) is 24.3. The van der Waals surface area contributed by atoms with Gasteiger partial charge in [0, 0.05) is 10.4 Å². The van der Waals surface area contributed by atoms with Gasteiger partial charge in [0.25, 0.3) is 5.56 Å². The molecule has 1 heterocycles. The van der Waals surface area contributed by atoms with Crippen LogP contribution in [0.3, 0.4) is 0 Å². The normalized spacial score (nSPS) is 12.4. The van der Waals surface area contributed by atoms with Crippen LogP contribution in [0.2, 0.25) is 0 Å². The van der Waals surface area contributed by atoms with Gasteiger partial charge in [-0.25, -0.2) is 4.98 Å². The second kappa shape index (κ2) is 11.2. The molecule has 1 aromatic heterocycles. The van der Waals surface area contributed by atoms with Crippen LogP contribution in [0.5, 0.6) is 5.75 Å². The molecule has 180 valence electrons. The third-order valence-electron chi connectivity index (χ3n) is 5.70. The fraction of sp³-hybridized carbons (Fsp3) is 0.222. The van der Waals surface area contributed by atoms with E-state index in [9.17, 15) is 4.79 Å². The van der Waals surface area contributed by atoms with E-state index in [0.29, 0.717) is 29.1 Å². The Morgan fingerprint density at radius 1 is 1.09 bits per heavy atom. The molecule has 0 N–H and O–H groups in total. The number of ether oxygens (including phenoxy) is 1. The van der Waals surface area contributed by atoms with Gasteiger partial charge in [0.1, 0.15) is 18.2 Å². The van der Waals surface area contributed by atoms with Crippen LogP contribution in [0.4, 0.5) is 0 Å². The molecule has 0 aliphatic rings. The minimum absolute atomic E-state index is 0.0729. The Balaban J connectivity index is 1.67. The van der Waals surface area contributed by atoms with Crippen LogP contribution in [-0.2, 0) is 6.61 Å². The maximum absolute atomic E-state index is 13.3. The SMILES string of the molecule is CC[C@H](C)c1nc2ccc(Br)cc2c(=O)n1N=Cc1cc(Br)c(OCc2cccc(C)c2)c(Br)c1. The number of hydrogen-bond donors (Lipinski definition) is 0. The van der Waals surface area contributed by atoms with Crippen LogP contribution in [0.15, 0.2) is 77.9 Å². The lowest BCUT2D eigenvalue weighted by molar-refractivity contribution is 0.302. The van der Waals surface area contributed by atoms with Crippen molar-refractivity contribution in [2.75, 3.05) is 0 Å². The monoisotopic (exact) mass is 659 g/mol. The maximum Gasteiger partial charge on any atom is 0.282 e. The first kappa shape index (κ1) is 25.8. The van der Waals surface area contributed by atoms with Gasteiger partial charge in [-0.2, -0.15) is 9.78 Å². The van der Waals surface area contributed by atoms with Gasteiger partial charge in [-0.05, 0) is 86.7 Å². The van der Waals surface area contributed by atoms with E-state index in [2.05, 4.69) is 78.9 Å². The van der Waals surface area contributed by atoms with Gasteiger partial charge >= 0.3 is 0 Å². The van der Waals surface area contributed by atoms with Gasteiger partial charge in [0.15, 0.2) is 0 Å². The van der Waals surface area contributed by atoms with Crippen LogP contribution in [-0.4, -0.2) is 15.9 Å². The molecule has 0 radical (unpaired) electrons. The van der Waals surface area contributed by atoms with Crippen molar-refractivity contribution in [3.63, 3.8) is 0 Å². The molecule has 0 fully saturated rings. The Morgan fingerprint density at radius 2 is 1.83 bits per heavy atom. The zero-order valence-electron chi connectivity index (χ0n) is 19.6. The Bertz CT molecular complexity index is 1460. The third-order valence-corrected chi connectivity index (χ3v) is 7.37. The molecule has 0 saturated carbocycles. The number of nitrogens with zero attached hydrogens (tertiary/aromatic N) is 3. The standard InChI is InChI=1S/C27H24Br3N3O2/c1-4-17(3)26-32-24-9-8-20(28)13-21(24)27(34)33(26)31-14-19-11-22(29)25(23(30)12-19)35-15-18-7-5-6-16(2)10-18/h5-14,17H,4,15H2,1-3H3/t17-/m0/s1. The fourth-order valence-corrected chi connectivity index (χ4v) is 5.46. The highest BCUT2D eigenvalue weighted by Crippen LogP contribution is 2.35. The lowest BCUT2D eigenvalue weighted by Crippen LogP contribution is -2.23. The Kier molecular flexibility index (Phi) is 8.24. The van der Waals surface area contributed by atoms with E-state index in [1.807, 2.05) is 43.3 Å². The van der Waals surface area contributed by atoms with Crippen molar-refractivity contribution in [1.82, 2.24) is 9.66 Å². The molecule has 1 atom stereocenters. The second-order valence-corrected chi connectivity index (χ2v) is 11.0. The number of aromatic nitrogens is 2. The molecule has 0 saturated heterocycles. The van der Waals surface area contributed by atoms with Crippen LogP contribution in [0.1, 0.15) is 48.7 Å². The minimum atomic E-state index is -0.195. The summed E-state index contributed by atoms with van der Waals surface area (Å²) in [7, 11) is 0. The summed E-state index contributed by atoms with van der Waals surface area (Å²) < 4.78 is 9.87. The zero-order chi connectivity index (χ0) is 25.1. The fourth-order valence-electron chi connectivity index (χ4n) is 3.65. The van der Waals surface area contributed by atoms with Gasteiger partial charge in [-0.1, -0.05) is 59.6 Å². The molecule has 0 aliphatic heterocycles. The predicted octanol–water partition coefficient (Wildman–Crippen LogP) is 7.97. The van der Waals surface area contributed by atoms with Gasteiger partial charge < -0.3 is 4.74 Å². The van der Waals surface area contributed by atoms with Crippen LogP contribution < -0.4 is 10.3 Å². The summed E-state index contributed by atoms with van der Waals surface area (Å²) in [6, 6.07) is 17.6. The lowest BCUT2D eigenvalue weighted by Gasteiger charge is -2.14. The van der Waals surface area contributed by atoms with Crippen LogP contribution in [0.25, 0.3) is 10.9 Å². The van der Waals surface area contributed by atoms with Gasteiger partial charge in [0.2, 0.25) is 0 Å². The van der Waals surface area contributed by atoms with E-state index in [1.165, 1.54) is 10.2 Å². The van der Waals surface area contributed by atoms with Gasteiger partial charge in [-0.3, -0.25) is 4.79 Å². The molecule has 0 spiro atoms. The molecule has 0 bridgehead atoms. The van der Waals surface area contributed by atoms with Crippen LogP contribution >= 0.6 is 47.8 Å². The first-order valence-corrected chi connectivity index (χ1v) is 13.6. The lowest BCUT2D eigenvalue weighted by atomic mass is 10.1. The molecule has 35 heavy (non-hydrogen) atoms. The van der Waals surface area contributed by atoms with Crippen molar-refractivity contribution in [1.29, 1.82) is 0 Å². The third kappa shape index (κ3) is 5.93. The summed E-state index contributed by atoms with van der Waals surface area (Å²) >= 11 is 10.7. The molecular formula is C27H24Br3N3O2. The number of fused-ring (bicyclic) bond motifs is 1. The van der Waals surface area contributed by atoms with E-state index < -0.39 is 0 Å². The quantitative estimate of drug-likeness (QED) is 0.189. The second-order valence-electron chi connectivity index (χ2n) is 8.39. The Labute approximate surface area is 229 Å². The van der Waals surface area contributed by atoms with Crippen molar-refractivity contribution in [3.8, 4) is 5.75 Å². The summed E-state index contributed by atoms with van der Waals surface area (Å²) in [6.07, 6.45) is 2.51. The summed E-state index contributed by atoms with van der Waals surface area (Å²) in [5.41, 5.74) is 3.57. The summed E-state index contributed by atoms with van der Waals surface area (Å²) in [6.45, 7) is 6.63. The van der Waals surface area contributed by atoms with E-state index >= 15 is 0 Å². The number of halogens is 3. The molecule has 0 aliphatic carbocycles. The van der Waals surface area contributed by atoms with E-state index in [0.717, 1.165) is 31.0 Å². The van der Waals surface area contributed by atoms with E-state index in [-0.39, 0.29) is 11.5 Å². The van der Waals surface area contributed by atoms with Crippen LogP contribution in [0, 0.1) is 6.92 Å². The topological polar surface area (TPSA) is 56.5 Å². The Morgan fingerprint density at radius 3 is 2.51 bits per heavy atom. The minimum Gasteiger partial charge on any atom is -0.487 e. The average Bonchev–Trinajstić information content (AvgIpc) is 2.82. The van der Waals surface area contributed by atoms with Gasteiger partial charge in [-0.15, -0.1) is 0 Å². The van der Waals surface area contributed by atoms with Crippen molar-refractivity contribution < 1.29 is 4.74 Å². The molecular weight excluding hydrogens is 638 g/mol. The highest BCUT2D eigenvalue weighted by atomic mass is 79.9. The molecule has 3 aromatic carbocycles. The average molecular weight is 662 g/mol. The Hall–Kier alpha value is -2.29. The van der Waals surface area contributed by atoms with Gasteiger partial charge in [0.05, 0.1) is 26.1 Å². The van der Waals surface area contributed by atoms with E-state index in [1.54, 1.807) is 12.3 Å². The highest BCUT2D eigenvalue weighted by Gasteiger charge is 2.16. The molecule has 4 rings (SSSR count). The highest BCUT2D eigenvalue weighted by molar-refractivity contribution is 9.11. The molecule has 8 heteroatoms. The number of hydrogen-bond acceptors (Lipinski definition) is 4. The maximum atomic E-state index is 13.3. The molecule has 0 unspecified atom stereocenters. The number of rotatable bonds is 7. The van der Waals surface area contributed by atoms with Crippen molar-refractivity contribution in [3.05, 3.63) is 101 Å². The summed E-state index contributed by atoms with van der Waals surface area (Å²) in [5.74, 6) is 1.42. The largest absolute Gasteiger partial charge is 0.487 e. The number of aryl methyl sites for hydroxylation is 1. The first-order valence-electron chi connectivity index (χ1n) is 11.2. The summed E-state index contributed by atoms with van der Waals surface area (Å²) in [5, 5.41) is 5.08. The van der Waals surface area contributed by atoms with Crippen molar-refractivity contribution in [2.24, 2.45) is 5.10 Å². The molecule has 0 amide bonds. The summed E-state index contributed by atoms with van der Waals surface area (Å²) in [4.78, 5) is 18.1. The van der Waals surface area contributed by atoms with Crippen molar-refractivity contribution >= 4 is 64.9 Å².